The Morgan fingerprint density at radius 2 is 2.29 bits per heavy atom. The summed E-state index contributed by atoms with van der Waals surface area (Å²) in [6.45, 7) is 4.42. The van der Waals surface area contributed by atoms with E-state index < -0.39 is 6.10 Å². The number of hydrogen-bond donors (Lipinski definition) is 1. The summed E-state index contributed by atoms with van der Waals surface area (Å²) in [5.41, 5.74) is 0.895. The van der Waals surface area contributed by atoms with Gasteiger partial charge in [-0.15, -0.1) is 0 Å². The van der Waals surface area contributed by atoms with Crippen LogP contribution in [-0.2, 0) is 11.2 Å². The second kappa shape index (κ2) is 5.73. The molecule has 0 radical (unpaired) electrons. The van der Waals surface area contributed by atoms with Crippen molar-refractivity contribution in [2.45, 2.75) is 32.5 Å². The molecule has 0 aliphatic carbocycles. The molecule has 0 aliphatic heterocycles. The van der Waals surface area contributed by atoms with E-state index in [1.165, 1.54) is 0 Å². The Hall–Kier alpha value is -0.930. The van der Waals surface area contributed by atoms with Crippen molar-refractivity contribution in [2.75, 3.05) is 6.61 Å². The average Bonchev–Trinajstić information content (AvgIpc) is 2.19. The van der Waals surface area contributed by atoms with E-state index in [2.05, 4.69) is 4.98 Å². The first-order chi connectivity index (χ1) is 6.74. The number of ether oxygens (including phenoxy) is 1. The van der Waals surface area contributed by atoms with Gasteiger partial charge in [0, 0.05) is 24.9 Å². The molecule has 3 heteroatoms. The van der Waals surface area contributed by atoms with Crippen LogP contribution in [0, 0.1) is 0 Å². The van der Waals surface area contributed by atoms with E-state index in [9.17, 15) is 5.11 Å². The van der Waals surface area contributed by atoms with Crippen molar-refractivity contribution in [2.24, 2.45) is 0 Å². The van der Waals surface area contributed by atoms with Crippen molar-refractivity contribution >= 4 is 0 Å². The molecule has 1 N–H and O–H groups in total. The SMILES string of the molecule is CCOC(C)C(O)Cc1ccccn1. The third-order valence-corrected chi connectivity index (χ3v) is 2.12. The Balaban J connectivity index is 2.44. The van der Waals surface area contributed by atoms with E-state index in [0.29, 0.717) is 13.0 Å². The highest BCUT2D eigenvalue weighted by molar-refractivity contribution is 5.04. The van der Waals surface area contributed by atoms with Gasteiger partial charge in [-0.25, -0.2) is 0 Å². The van der Waals surface area contributed by atoms with Gasteiger partial charge in [-0.3, -0.25) is 4.98 Å². The van der Waals surface area contributed by atoms with Crippen LogP contribution in [0.5, 0.6) is 0 Å². The molecule has 14 heavy (non-hydrogen) atoms. The lowest BCUT2D eigenvalue weighted by Crippen LogP contribution is -2.28. The number of nitrogens with zero attached hydrogens (tertiary/aromatic N) is 1. The third kappa shape index (κ3) is 3.44. The minimum Gasteiger partial charge on any atom is -0.390 e. The van der Waals surface area contributed by atoms with Gasteiger partial charge in [0.05, 0.1) is 12.2 Å². The summed E-state index contributed by atoms with van der Waals surface area (Å²) in [5.74, 6) is 0. The number of aliphatic hydroxyl groups excluding tert-OH is 1. The molecule has 0 amide bonds. The quantitative estimate of drug-likeness (QED) is 0.772. The molecular weight excluding hydrogens is 178 g/mol. The first kappa shape index (κ1) is 11.1. The lowest BCUT2D eigenvalue weighted by Gasteiger charge is -2.18. The Morgan fingerprint density at radius 1 is 1.50 bits per heavy atom. The van der Waals surface area contributed by atoms with Crippen LogP contribution in [0.4, 0.5) is 0 Å². The first-order valence-electron chi connectivity index (χ1n) is 4.93. The minimum atomic E-state index is -0.482. The lowest BCUT2D eigenvalue weighted by molar-refractivity contribution is -0.0211. The van der Waals surface area contributed by atoms with Crippen LogP contribution in [0.1, 0.15) is 19.5 Å². The van der Waals surface area contributed by atoms with Gasteiger partial charge in [0.1, 0.15) is 0 Å². The van der Waals surface area contributed by atoms with Gasteiger partial charge >= 0.3 is 0 Å². The summed E-state index contributed by atoms with van der Waals surface area (Å²) in [7, 11) is 0. The van der Waals surface area contributed by atoms with Gasteiger partial charge in [0.15, 0.2) is 0 Å². The molecule has 0 aliphatic rings. The van der Waals surface area contributed by atoms with Crippen molar-refractivity contribution in [3.05, 3.63) is 30.1 Å². The highest BCUT2D eigenvalue weighted by Crippen LogP contribution is 2.05. The van der Waals surface area contributed by atoms with Crippen LogP contribution in [0.2, 0.25) is 0 Å². The van der Waals surface area contributed by atoms with Crippen molar-refractivity contribution in [3.8, 4) is 0 Å². The molecule has 1 rings (SSSR count). The van der Waals surface area contributed by atoms with Crippen LogP contribution in [0.3, 0.4) is 0 Å². The summed E-state index contributed by atoms with van der Waals surface area (Å²) in [6.07, 6.45) is 1.65. The van der Waals surface area contributed by atoms with Crippen molar-refractivity contribution < 1.29 is 9.84 Å². The lowest BCUT2D eigenvalue weighted by atomic mass is 10.1. The van der Waals surface area contributed by atoms with E-state index in [-0.39, 0.29) is 6.10 Å². The van der Waals surface area contributed by atoms with Gasteiger partial charge in [-0.05, 0) is 26.0 Å². The van der Waals surface area contributed by atoms with E-state index >= 15 is 0 Å². The summed E-state index contributed by atoms with van der Waals surface area (Å²) in [5, 5.41) is 9.74. The molecule has 0 spiro atoms. The molecule has 2 unspecified atom stereocenters. The normalized spacial score (nSPS) is 15.1. The zero-order chi connectivity index (χ0) is 10.4. The second-order valence-corrected chi connectivity index (χ2v) is 3.25. The van der Waals surface area contributed by atoms with E-state index in [1.54, 1.807) is 6.20 Å². The van der Waals surface area contributed by atoms with Crippen LogP contribution in [0.15, 0.2) is 24.4 Å². The Labute approximate surface area is 84.7 Å². The summed E-state index contributed by atoms with van der Waals surface area (Å²) in [4.78, 5) is 4.15. The maximum atomic E-state index is 9.74. The maximum absolute atomic E-state index is 9.74. The van der Waals surface area contributed by atoms with Crippen molar-refractivity contribution in [3.63, 3.8) is 0 Å². The molecule has 78 valence electrons. The Bertz CT molecular complexity index is 251. The zero-order valence-electron chi connectivity index (χ0n) is 8.68. The fraction of sp³-hybridized carbons (Fsp3) is 0.545. The molecule has 0 fully saturated rings. The molecule has 1 aromatic rings. The maximum Gasteiger partial charge on any atom is 0.0854 e. The van der Waals surface area contributed by atoms with Crippen molar-refractivity contribution in [1.82, 2.24) is 4.98 Å². The molecular formula is C11H17NO2. The summed E-state index contributed by atoms with van der Waals surface area (Å²) < 4.78 is 5.30. The van der Waals surface area contributed by atoms with Crippen molar-refractivity contribution in [1.29, 1.82) is 0 Å². The van der Waals surface area contributed by atoms with E-state index in [4.69, 9.17) is 4.74 Å². The Kier molecular flexibility index (Phi) is 4.56. The van der Waals surface area contributed by atoms with E-state index in [0.717, 1.165) is 5.69 Å². The van der Waals surface area contributed by atoms with Gasteiger partial charge in [0.25, 0.3) is 0 Å². The topological polar surface area (TPSA) is 42.4 Å². The van der Waals surface area contributed by atoms with E-state index in [1.807, 2.05) is 32.0 Å². The average molecular weight is 195 g/mol. The smallest absolute Gasteiger partial charge is 0.0854 e. The van der Waals surface area contributed by atoms with Gasteiger partial charge < -0.3 is 9.84 Å². The van der Waals surface area contributed by atoms with Gasteiger partial charge in [-0.1, -0.05) is 6.07 Å². The molecule has 0 saturated heterocycles. The largest absolute Gasteiger partial charge is 0.390 e. The molecule has 2 atom stereocenters. The fourth-order valence-electron chi connectivity index (χ4n) is 1.27. The number of pyridine rings is 1. The zero-order valence-corrected chi connectivity index (χ0v) is 8.68. The molecule has 1 aromatic heterocycles. The summed E-state index contributed by atoms with van der Waals surface area (Å²) in [6, 6.07) is 5.68. The van der Waals surface area contributed by atoms with Crippen LogP contribution >= 0.6 is 0 Å². The number of aromatic nitrogens is 1. The minimum absolute atomic E-state index is 0.137. The van der Waals surface area contributed by atoms with Gasteiger partial charge in [-0.2, -0.15) is 0 Å². The number of hydrogen-bond acceptors (Lipinski definition) is 3. The Morgan fingerprint density at radius 3 is 2.86 bits per heavy atom. The van der Waals surface area contributed by atoms with Crippen LogP contribution in [-0.4, -0.2) is 28.9 Å². The molecule has 0 saturated carbocycles. The summed E-state index contributed by atoms with van der Waals surface area (Å²) >= 11 is 0. The second-order valence-electron chi connectivity index (χ2n) is 3.25. The predicted molar refractivity (Wildman–Crippen MR) is 55.0 cm³/mol. The highest BCUT2D eigenvalue weighted by atomic mass is 16.5. The third-order valence-electron chi connectivity index (χ3n) is 2.12. The standard InChI is InChI=1S/C11H17NO2/c1-3-14-9(2)11(13)8-10-6-4-5-7-12-10/h4-7,9,11,13H,3,8H2,1-2H3. The predicted octanol–water partition coefficient (Wildman–Crippen LogP) is 1.41. The number of aliphatic hydroxyl groups is 1. The molecule has 0 bridgehead atoms. The van der Waals surface area contributed by atoms with Crippen LogP contribution < -0.4 is 0 Å². The molecule has 3 nitrogen and oxygen atoms in total. The first-order valence-corrected chi connectivity index (χ1v) is 4.93. The monoisotopic (exact) mass is 195 g/mol. The number of rotatable bonds is 5. The molecule has 0 aromatic carbocycles. The van der Waals surface area contributed by atoms with Crippen LogP contribution in [0.25, 0.3) is 0 Å². The highest BCUT2D eigenvalue weighted by Gasteiger charge is 2.14. The fourth-order valence-corrected chi connectivity index (χ4v) is 1.27. The molecule has 1 heterocycles. The van der Waals surface area contributed by atoms with Gasteiger partial charge in [0.2, 0.25) is 0 Å².